The van der Waals surface area contributed by atoms with E-state index in [0.717, 1.165) is 12.8 Å². The van der Waals surface area contributed by atoms with Crippen LogP contribution in [-0.4, -0.2) is 0 Å². The van der Waals surface area contributed by atoms with Crippen LogP contribution in [0.5, 0.6) is 0 Å². The van der Waals surface area contributed by atoms with E-state index in [1.807, 2.05) is 0 Å². The Labute approximate surface area is 120 Å². The van der Waals surface area contributed by atoms with Crippen molar-refractivity contribution in [2.24, 2.45) is 0 Å². The van der Waals surface area contributed by atoms with Gasteiger partial charge in [0.1, 0.15) is 0 Å². The molecule has 98 valence electrons. The average molecular weight is 258 g/mol. The maximum atomic E-state index is 2.29. The Morgan fingerprint density at radius 1 is 0.750 bits per heavy atom. The first-order chi connectivity index (χ1) is 9.95. The highest BCUT2D eigenvalue weighted by atomic mass is 14.1. The molecule has 0 unspecified atom stereocenters. The van der Waals surface area contributed by atoms with Gasteiger partial charge in [-0.2, -0.15) is 0 Å². The fourth-order valence-electron chi connectivity index (χ4n) is 2.57. The van der Waals surface area contributed by atoms with E-state index >= 15 is 0 Å². The lowest BCUT2D eigenvalue weighted by Gasteiger charge is -2.12. The predicted octanol–water partition coefficient (Wildman–Crippen LogP) is 5.49. The molecule has 2 aliphatic carbocycles. The van der Waals surface area contributed by atoms with Crippen LogP contribution >= 0.6 is 0 Å². The van der Waals surface area contributed by atoms with E-state index in [2.05, 4.69) is 85.0 Å². The Morgan fingerprint density at radius 2 is 1.60 bits per heavy atom. The topological polar surface area (TPSA) is 0 Å². The lowest BCUT2D eigenvalue weighted by atomic mass is 9.92. The number of benzene rings is 1. The van der Waals surface area contributed by atoms with E-state index in [1.165, 1.54) is 22.3 Å². The summed E-state index contributed by atoms with van der Waals surface area (Å²) in [4.78, 5) is 0. The number of hydrogen-bond acceptors (Lipinski definition) is 0. The molecular formula is C20H18. The summed E-state index contributed by atoms with van der Waals surface area (Å²) in [6.45, 7) is 0. The summed E-state index contributed by atoms with van der Waals surface area (Å²) in [5.74, 6) is 0. The van der Waals surface area contributed by atoms with Gasteiger partial charge >= 0.3 is 0 Å². The molecule has 1 aromatic carbocycles. The number of hydrogen-bond donors (Lipinski definition) is 0. The second kappa shape index (κ2) is 6.21. The van der Waals surface area contributed by atoms with Crippen molar-refractivity contribution in [3.63, 3.8) is 0 Å². The van der Waals surface area contributed by atoms with Gasteiger partial charge in [0.05, 0.1) is 0 Å². The molecule has 3 rings (SSSR count). The van der Waals surface area contributed by atoms with Crippen LogP contribution in [0.1, 0.15) is 24.0 Å². The van der Waals surface area contributed by atoms with Crippen LogP contribution < -0.4 is 0 Å². The summed E-state index contributed by atoms with van der Waals surface area (Å²) >= 11 is 0. The van der Waals surface area contributed by atoms with Crippen LogP contribution in [0.15, 0.2) is 85.0 Å². The third-order valence-corrected chi connectivity index (χ3v) is 3.57. The molecule has 0 aliphatic heterocycles. The summed E-state index contributed by atoms with van der Waals surface area (Å²) in [5, 5.41) is 0. The SMILES string of the molecule is C1=CC=C(c2ccccc2C2=CCC=CC=C2)CC=C1. The molecule has 0 fully saturated rings. The van der Waals surface area contributed by atoms with Gasteiger partial charge in [0.25, 0.3) is 0 Å². The monoisotopic (exact) mass is 258 g/mol. The summed E-state index contributed by atoms with van der Waals surface area (Å²) in [6, 6.07) is 8.68. The fourth-order valence-corrected chi connectivity index (χ4v) is 2.57. The van der Waals surface area contributed by atoms with Crippen molar-refractivity contribution >= 4 is 11.1 Å². The standard InChI is InChI=1S/C20H18/c1-2-6-12-17(11-5-1)19-15-9-10-16-20(19)18-13-7-3-4-8-14-18/h1-7,9-11,13-16H,8,12H2. The molecule has 0 saturated heterocycles. The maximum Gasteiger partial charge on any atom is -0.00882 e. The van der Waals surface area contributed by atoms with Gasteiger partial charge in [-0.15, -0.1) is 0 Å². The van der Waals surface area contributed by atoms with E-state index in [4.69, 9.17) is 0 Å². The molecule has 0 bridgehead atoms. The Morgan fingerprint density at radius 3 is 2.55 bits per heavy atom. The smallest absolute Gasteiger partial charge is 0.00882 e. The second-order valence-corrected chi connectivity index (χ2v) is 4.94. The van der Waals surface area contributed by atoms with Crippen LogP contribution in [0.4, 0.5) is 0 Å². The molecule has 0 N–H and O–H groups in total. The highest BCUT2D eigenvalue weighted by Gasteiger charge is 2.09. The Bertz CT molecular complexity index is 661. The minimum Gasteiger partial charge on any atom is -0.0807 e. The predicted molar refractivity (Wildman–Crippen MR) is 88.2 cm³/mol. The summed E-state index contributed by atoms with van der Waals surface area (Å²) in [6.07, 6.45) is 23.6. The van der Waals surface area contributed by atoms with Crippen LogP contribution in [0.3, 0.4) is 0 Å². The summed E-state index contributed by atoms with van der Waals surface area (Å²) in [5.41, 5.74) is 5.34. The quantitative estimate of drug-likeness (QED) is 0.658. The summed E-state index contributed by atoms with van der Waals surface area (Å²) < 4.78 is 0. The molecule has 2 aliphatic rings. The van der Waals surface area contributed by atoms with E-state index < -0.39 is 0 Å². The first kappa shape index (κ1) is 12.7. The van der Waals surface area contributed by atoms with Gasteiger partial charge in [-0.1, -0.05) is 85.0 Å². The third-order valence-electron chi connectivity index (χ3n) is 3.57. The zero-order chi connectivity index (χ0) is 13.6. The van der Waals surface area contributed by atoms with Gasteiger partial charge in [-0.05, 0) is 35.1 Å². The van der Waals surface area contributed by atoms with E-state index in [1.54, 1.807) is 0 Å². The minimum atomic E-state index is 0.985. The Hall–Kier alpha value is -2.34. The zero-order valence-corrected chi connectivity index (χ0v) is 11.5. The van der Waals surface area contributed by atoms with E-state index in [0.29, 0.717) is 0 Å². The molecule has 0 radical (unpaired) electrons. The Kier molecular flexibility index (Phi) is 3.93. The van der Waals surface area contributed by atoms with Crippen LogP contribution in [-0.2, 0) is 0 Å². The second-order valence-electron chi connectivity index (χ2n) is 4.94. The average Bonchev–Trinajstić information content (AvgIpc) is 2.92. The lowest BCUT2D eigenvalue weighted by molar-refractivity contribution is 1.37. The molecule has 0 atom stereocenters. The minimum absolute atomic E-state index is 0.985. The van der Waals surface area contributed by atoms with E-state index in [-0.39, 0.29) is 0 Å². The van der Waals surface area contributed by atoms with Crippen LogP contribution in [0.2, 0.25) is 0 Å². The van der Waals surface area contributed by atoms with Gasteiger partial charge in [0, 0.05) is 0 Å². The molecule has 0 amide bonds. The van der Waals surface area contributed by atoms with Gasteiger partial charge in [-0.3, -0.25) is 0 Å². The first-order valence-corrected chi connectivity index (χ1v) is 7.11. The first-order valence-electron chi connectivity index (χ1n) is 7.11. The van der Waals surface area contributed by atoms with E-state index in [9.17, 15) is 0 Å². The molecule has 0 aromatic heterocycles. The molecule has 20 heavy (non-hydrogen) atoms. The molecule has 0 saturated carbocycles. The zero-order valence-electron chi connectivity index (χ0n) is 11.5. The maximum absolute atomic E-state index is 2.29. The number of rotatable bonds is 2. The van der Waals surface area contributed by atoms with Crippen molar-refractivity contribution in [1.29, 1.82) is 0 Å². The molecule has 0 nitrogen and oxygen atoms in total. The van der Waals surface area contributed by atoms with Gasteiger partial charge in [0.15, 0.2) is 0 Å². The fraction of sp³-hybridized carbons (Fsp3) is 0.100. The molecule has 1 aromatic rings. The Balaban J connectivity index is 2.05. The van der Waals surface area contributed by atoms with Crippen LogP contribution in [0.25, 0.3) is 11.1 Å². The largest absolute Gasteiger partial charge is 0.0807 e. The van der Waals surface area contributed by atoms with Crippen molar-refractivity contribution in [3.8, 4) is 0 Å². The molecule has 0 heterocycles. The highest BCUT2D eigenvalue weighted by molar-refractivity contribution is 5.85. The number of allylic oxidation sites excluding steroid dienone is 12. The molecule has 0 heteroatoms. The van der Waals surface area contributed by atoms with Crippen molar-refractivity contribution < 1.29 is 0 Å². The lowest BCUT2D eigenvalue weighted by Crippen LogP contribution is -1.92. The normalized spacial score (nSPS) is 17.4. The molecule has 0 spiro atoms. The van der Waals surface area contributed by atoms with Gasteiger partial charge < -0.3 is 0 Å². The van der Waals surface area contributed by atoms with Gasteiger partial charge in [0.2, 0.25) is 0 Å². The van der Waals surface area contributed by atoms with Crippen molar-refractivity contribution in [1.82, 2.24) is 0 Å². The molecular weight excluding hydrogens is 240 g/mol. The third kappa shape index (κ3) is 2.80. The van der Waals surface area contributed by atoms with Crippen molar-refractivity contribution in [3.05, 3.63) is 96.2 Å². The summed E-state index contributed by atoms with van der Waals surface area (Å²) in [7, 11) is 0. The van der Waals surface area contributed by atoms with Crippen molar-refractivity contribution in [2.45, 2.75) is 12.8 Å². The van der Waals surface area contributed by atoms with Gasteiger partial charge in [-0.25, -0.2) is 0 Å². The highest BCUT2D eigenvalue weighted by Crippen LogP contribution is 2.30. The van der Waals surface area contributed by atoms with Crippen molar-refractivity contribution in [2.75, 3.05) is 0 Å². The van der Waals surface area contributed by atoms with Crippen LogP contribution in [0, 0.1) is 0 Å².